The van der Waals surface area contributed by atoms with Crippen molar-refractivity contribution < 1.29 is 14.3 Å². The summed E-state index contributed by atoms with van der Waals surface area (Å²) in [4.78, 5) is 12.3. The number of methoxy groups -OCH3 is 1. The molecule has 2 aromatic carbocycles. The van der Waals surface area contributed by atoms with Gasteiger partial charge in [0.1, 0.15) is 12.1 Å². The van der Waals surface area contributed by atoms with Crippen LogP contribution in [0.25, 0.3) is 5.69 Å². The number of hydrogen-bond donors (Lipinski definition) is 1. The van der Waals surface area contributed by atoms with E-state index in [-0.39, 0.29) is 11.7 Å². The van der Waals surface area contributed by atoms with Crippen molar-refractivity contribution in [1.82, 2.24) is 20.1 Å². The highest BCUT2D eigenvalue weighted by molar-refractivity contribution is 7.99. The number of nitrogens with zero attached hydrogens (tertiary/aromatic N) is 3. The number of rotatable bonds is 10. The first-order chi connectivity index (χ1) is 14.2. The minimum atomic E-state index is -0.0644. The predicted octanol–water partition coefficient (Wildman–Crippen LogP) is 3.22. The minimum absolute atomic E-state index is 0.0644. The van der Waals surface area contributed by atoms with Gasteiger partial charge in [-0.15, -0.1) is 10.2 Å². The first-order valence-electron chi connectivity index (χ1n) is 9.29. The number of thioether (sulfide) groups is 1. The van der Waals surface area contributed by atoms with E-state index in [1.54, 1.807) is 13.4 Å². The maximum atomic E-state index is 12.3. The van der Waals surface area contributed by atoms with Crippen molar-refractivity contribution in [2.24, 2.45) is 0 Å². The van der Waals surface area contributed by atoms with Crippen LogP contribution in [0.3, 0.4) is 0 Å². The smallest absolute Gasteiger partial charge is 0.230 e. The lowest BCUT2D eigenvalue weighted by molar-refractivity contribution is -0.118. The Labute approximate surface area is 174 Å². The summed E-state index contributed by atoms with van der Waals surface area (Å²) in [5.41, 5.74) is 3.05. The maximum Gasteiger partial charge on any atom is 0.230 e. The molecule has 152 valence electrons. The Morgan fingerprint density at radius 3 is 2.62 bits per heavy atom. The van der Waals surface area contributed by atoms with Gasteiger partial charge in [0.2, 0.25) is 5.91 Å². The second-order valence-corrected chi connectivity index (χ2v) is 7.10. The average Bonchev–Trinajstić information content (AvgIpc) is 3.24. The average molecular weight is 413 g/mol. The third-order valence-electron chi connectivity index (χ3n) is 4.26. The van der Waals surface area contributed by atoms with Crippen LogP contribution in [-0.2, 0) is 22.7 Å². The number of carbonyl (C=O) groups excluding carboxylic acids is 1. The molecule has 3 aromatic rings. The summed E-state index contributed by atoms with van der Waals surface area (Å²) in [6, 6.07) is 15.5. The molecule has 0 atom stereocenters. The summed E-state index contributed by atoms with van der Waals surface area (Å²) in [5.74, 6) is 0.966. The summed E-state index contributed by atoms with van der Waals surface area (Å²) in [5, 5.41) is 11.7. The van der Waals surface area contributed by atoms with Crippen molar-refractivity contribution in [3.05, 3.63) is 66.0 Å². The predicted molar refractivity (Wildman–Crippen MR) is 112 cm³/mol. The Morgan fingerprint density at radius 1 is 1.14 bits per heavy atom. The van der Waals surface area contributed by atoms with E-state index in [4.69, 9.17) is 9.47 Å². The van der Waals surface area contributed by atoms with Gasteiger partial charge in [-0.25, -0.2) is 0 Å². The van der Waals surface area contributed by atoms with E-state index >= 15 is 0 Å². The first-order valence-corrected chi connectivity index (χ1v) is 10.3. The summed E-state index contributed by atoms with van der Waals surface area (Å²) in [6.07, 6.45) is 1.63. The van der Waals surface area contributed by atoms with Crippen molar-refractivity contribution >= 4 is 17.7 Å². The molecule has 0 unspecified atom stereocenters. The SMILES string of the molecule is CCOCc1ccccc1CNC(=O)CSc1nncn1-c1ccc(OC)cc1. The molecule has 1 amide bonds. The molecule has 0 aliphatic carbocycles. The van der Waals surface area contributed by atoms with Gasteiger partial charge in [-0.2, -0.15) is 0 Å². The summed E-state index contributed by atoms with van der Waals surface area (Å²) in [7, 11) is 1.63. The molecular formula is C21H24N4O3S. The van der Waals surface area contributed by atoms with Crippen LogP contribution in [0.2, 0.25) is 0 Å². The zero-order chi connectivity index (χ0) is 20.5. The highest BCUT2D eigenvalue weighted by atomic mass is 32.2. The lowest BCUT2D eigenvalue weighted by atomic mass is 10.1. The zero-order valence-corrected chi connectivity index (χ0v) is 17.3. The summed E-state index contributed by atoms with van der Waals surface area (Å²) in [6.45, 7) is 3.63. The minimum Gasteiger partial charge on any atom is -0.497 e. The van der Waals surface area contributed by atoms with Gasteiger partial charge in [0.25, 0.3) is 0 Å². The molecule has 0 saturated heterocycles. The fraction of sp³-hybridized carbons (Fsp3) is 0.286. The fourth-order valence-corrected chi connectivity index (χ4v) is 3.46. The molecule has 1 N–H and O–H groups in total. The Hall–Kier alpha value is -2.84. The molecular weight excluding hydrogens is 388 g/mol. The summed E-state index contributed by atoms with van der Waals surface area (Å²) >= 11 is 1.34. The molecule has 0 bridgehead atoms. The molecule has 0 aliphatic rings. The Kier molecular flexibility index (Phi) is 7.66. The van der Waals surface area contributed by atoms with Gasteiger partial charge in [0.15, 0.2) is 5.16 Å². The van der Waals surface area contributed by atoms with E-state index < -0.39 is 0 Å². The van der Waals surface area contributed by atoms with E-state index in [9.17, 15) is 4.79 Å². The molecule has 0 spiro atoms. The third kappa shape index (κ3) is 5.82. The molecule has 0 radical (unpaired) electrons. The van der Waals surface area contributed by atoms with Crippen molar-refractivity contribution in [3.63, 3.8) is 0 Å². The number of benzene rings is 2. The van der Waals surface area contributed by atoms with Gasteiger partial charge < -0.3 is 14.8 Å². The number of ether oxygens (including phenoxy) is 2. The quantitative estimate of drug-likeness (QED) is 0.515. The van der Waals surface area contributed by atoms with E-state index in [2.05, 4.69) is 15.5 Å². The molecule has 7 nitrogen and oxygen atoms in total. The monoisotopic (exact) mass is 412 g/mol. The van der Waals surface area contributed by atoms with E-state index in [0.29, 0.717) is 24.9 Å². The molecule has 29 heavy (non-hydrogen) atoms. The van der Waals surface area contributed by atoms with Crippen molar-refractivity contribution in [2.45, 2.75) is 25.2 Å². The van der Waals surface area contributed by atoms with Gasteiger partial charge in [-0.1, -0.05) is 36.0 Å². The van der Waals surface area contributed by atoms with Crippen LogP contribution in [-0.4, -0.2) is 40.1 Å². The van der Waals surface area contributed by atoms with Crippen LogP contribution >= 0.6 is 11.8 Å². The number of aromatic nitrogens is 3. The van der Waals surface area contributed by atoms with Crippen LogP contribution in [0.15, 0.2) is 60.0 Å². The Balaban J connectivity index is 1.55. The number of amides is 1. The van der Waals surface area contributed by atoms with E-state index in [1.165, 1.54) is 11.8 Å². The van der Waals surface area contributed by atoms with Crippen LogP contribution in [0.5, 0.6) is 5.75 Å². The normalized spacial score (nSPS) is 10.7. The molecule has 8 heteroatoms. The molecule has 0 saturated carbocycles. The number of carbonyl (C=O) groups is 1. The van der Waals surface area contributed by atoms with Crippen LogP contribution in [0, 0.1) is 0 Å². The lowest BCUT2D eigenvalue weighted by Gasteiger charge is -2.11. The zero-order valence-electron chi connectivity index (χ0n) is 16.5. The first kappa shape index (κ1) is 20.9. The second kappa shape index (κ2) is 10.6. The topological polar surface area (TPSA) is 78.3 Å². The number of hydrogen-bond acceptors (Lipinski definition) is 6. The molecule has 0 aliphatic heterocycles. The lowest BCUT2D eigenvalue weighted by Crippen LogP contribution is -2.25. The van der Waals surface area contributed by atoms with Gasteiger partial charge in [0.05, 0.1) is 19.5 Å². The van der Waals surface area contributed by atoms with Crippen molar-refractivity contribution in [1.29, 1.82) is 0 Å². The fourth-order valence-electron chi connectivity index (χ4n) is 2.70. The van der Waals surface area contributed by atoms with Gasteiger partial charge in [-0.3, -0.25) is 9.36 Å². The molecule has 1 aromatic heterocycles. The van der Waals surface area contributed by atoms with Gasteiger partial charge >= 0.3 is 0 Å². The molecule has 1 heterocycles. The van der Waals surface area contributed by atoms with Gasteiger partial charge in [0, 0.05) is 18.8 Å². The number of nitrogens with one attached hydrogen (secondary N) is 1. The Morgan fingerprint density at radius 2 is 1.90 bits per heavy atom. The van der Waals surface area contributed by atoms with E-state index in [0.717, 1.165) is 22.6 Å². The third-order valence-corrected chi connectivity index (χ3v) is 5.20. The Bertz CT molecular complexity index is 928. The maximum absolute atomic E-state index is 12.3. The highest BCUT2D eigenvalue weighted by Gasteiger charge is 2.11. The van der Waals surface area contributed by atoms with Crippen LogP contribution in [0.4, 0.5) is 0 Å². The largest absolute Gasteiger partial charge is 0.497 e. The molecule has 3 rings (SSSR count). The summed E-state index contributed by atoms with van der Waals surface area (Å²) < 4.78 is 12.5. The van der Waals surface area contributed by atoms with Gasteiger partial charge in [-0.05, 0) is 42.3 Å². The van der Waals surface area contributed by atoms with Crippen LogP contribution < -0.4 is 10.1 Å². The highest BCUT2D eigenvalue weighted by Crippen LogP contribution is 2.21. The van der Waals surface area contributed by atoms with Crippen LogP contribution in [0.1, 0.15) is 18.1 Å². The molecule has 0 fully saturated rings. The van der Waals surface area contributed by atoms with Crippen molar-refractivity contribution in [2.75, 3.05) is 19.5 Å². The standard InChI is InChI=1S/C21H24N4O3S/c1-3-28-13-17-7-5-4-6-16(17)12-22-20(26)14-29-21-24-23-15-25(21)18-8-10-19(27-2)11-9-18/h4-11,15H,3,12-14H2,1-2H3,(H,22,26). The van der Waals surface area contributed by atoms with E-state index in [1.807, 2.05) is 60.0 Å². The van der Waals surface area contributed by atoms with Crippen molar-refractivity contribution in [3.8, 4) is 11.4 Å². The second-order valence-electron chi connectivity index (χ2n) is 6.15.